The summed E-state index contributed by atoms with van der Waals surface area (Å²) in [7, 11) is 0. The number of hydrogen-bond acceptors (Lipinski definition) is 5. The van der Waals surface area contributed by atoms with Crippen LogP contribution in [0.1, 0.15) is 28.7 Å². The summed E-state index contributed by atoms with van der Waals surface area (Å²) in [4.78, 5) is 28.6. The maximum atomic E-state index is 13.0. The van der Waals surface area contributed by atoms with Gasteiger partial charge in [-0.1, -0.05) is 0 Å². The summed E-state index contributed by atoms with van der Waals surface area (Å²) < 4.78 is 6.46. The minimum atomic E-state index is -0.518. The number of aryl methyl sites for hydroxylation is 1. The second-order valence-electron chi connectivity index (χ2n) is 5.85. The Hall–Kier alpha value is -3.35. The molecule has 0 aliphatic rings. The quantitative estimate of drug-likeness (QED) is 0.704. The molecule has 0 bridgehead atoms. The van der Waals surface area contributed by atoms with E-state index < -0.39 is 6.09 Å². The average Bonchev–Trinajstić information content (AvgIpc) is 2.94. The summed E-state index contributed by atoms with van der Waals surface area (Å²) in [5.41, 5.74) is 9.14. The molecular formula is C19H20N4O3. The highest BCUT2D eigenvalue weighted by Gasteiger charge is 2.15. The maximum Gasteiger partial charge on any atom is 0.407 e. The summed E-state index contributed by atoms with van der Waals surface area (Å²) in [6.45, 7) is 4.08. The molecule has 2 heterocycles. The van der Waals surface area contributed by atoms with Crippen molar-refractivity contribution >= 4 is 28.6 Å². The van der Waals surface area contributed by atoms with Crippen LogP contribution >= 0.6 is 0 Å². The first-order valence-corrected chi connectivity index (χ1v) is 8.27. The normalized spacial score (nSPS) is 10.7. The fourth-order valence-electron chi connectivity index (χ4n) is 2.82. The van der Waals surface area contributed by atoms with Crippen LogP contribution in [0.2, 0.25) is 0 Å². The van der Waals surface area contributed by atoms with E-state index in [9.17, 15) is 9.59 Å². The molecule has 0 spiro atoms. The lowest BCUT2D eigenvalue weighted by atomic mass is 10.2. The van der Waals surface area contributed by atoms with Crippen molar-refractivity contribution in [1.29, 1.82) is 0 Å². The highest BCUT2D eigenvalue weighted by atomic mass is 16.5. The van der Waals surface area contributed by atoms with Crippen molar-refractivity contribution in [3.05, 3.63) is 59.5 Å². The molecule has 26 heavy (non-hydrogen) atoms. The smallest absolute Gasteiger partial charge is 0.407 e. The van der Waals surface area contributed by atoms with Crippen molar-refractivity contribution < 1.29 is 14.3 Å². The Kier molecular flexibility index (Phi) is 4.88. The van der Waals surface area contributed by atoms with Crippen LogP contribution in [-0.2, 0) is 11.3 Å². The van der Waals surface area contributed by atoms with Gasteiger partial charge in [0.25, 0.3) is 5.91 Å². The standard InChI is InChI=1S/C19H20N4O3/c1-3-26-19(25)22-11-16-10-13(6-7-21-16)18(24)23-12(2)8-14-9-15(20)4-5-17(14)23/h4-10H,3,11,20H2,1-2H3,(H,22,25). The van der Waals surface area contributed by atoms with E-state index in [2.05, 4.69) is 10.3 Å². The molecule has 0 aliphatic carbocycles. The molecule has 7 heteroatoms. The van der Waals surface area contributed by atoms with Gasteiger partial charge in [-0.2, -0.15) is 0 Å². The second-order valence-corrected chi connectivity index (χ2v) is 5.85. The average molecular weight is 352 g/mol. The second kappa shape index (κ2) is 7.26. The largest absolute Gasteiger partial charge is 0.450 e. The molecule has 0 radical (unpaired) electrons. The number of nitrogens with two attached hydrogens (primary N) is 1. The fraction of sp³-hybridized carbons (Fsp3) is 0.211. The number of rotatable bonds is 4. The Morgan fingerprint density at radius 2 is 2.04 bits per heavy atom. The van der Waals surface area contributed by atoms with Gasteiger partial charge in [0.2, 0.25) is 0 Å². The highest BCUT2D eigenvalue weighted by Crippen LogP contribution is 2.23. The number of nitrogens with one attached hydrogen (secondary N) is 1. The number of ether oxygens (including phenoxy) is 1. The van der Waals surface area contributed by atoms with Crippen LogP contribution in [0.3, 0.4) is 0 Å². The number of hydrogen-bond donors (Lipinski definition) is 2. The minimum Gasteiger partial charge on any atom is -0.450 e. The van der Waals surface area contributed by atoms with Gasteiger partial charge < -0.3 is 15.8 Å². The van der Waals surface area contributed by atoms with E-state index in [-0.39, 0.29) is 12.5 Å². The number of benzene rings is 1. The number of carbonyl (C=O) groups excluding carboxylic acids is 2. The van der Waals surface area contributed by atoms with E-state index in [0.717, 1.165) is 16.6 Å². The predicted octanol–water partition coefficient (Wildman–Crippen LogP) is 2.86. The third-order valence-electron chi connectivity index (χ3n) is 3.97. The summed E-state index contributed by atoms with van der Waals surface area (Å²) >= 11 is 0. The van der Waals surface area contributed by atoms with Crippen LogP contribution in [0.5, 0.6) is 0 Å². The van der Waals surface area contributed by atoms with Crippen molar-refractivity contribution in [1.82, 2.24) is 14.9 Å². The topological polar surface area (TPSA) is 99.2 Å². The zero-order valence-electron chi connectivity index (χ0n) is 14.7. The molecule has 7 nitrogen and oxygen atoms in total. The zero-order chi connectivity index (χ0) is 18.7. The van der Waals surface area contributed by atoms with Crippen molar-refractivity contribution in [2.75, 3.05) is 12.3 Å². The van der Waals surface area contributed by atoms with Gasteiger partial charge >= 0.3 is 6.09 Å². The third kappa shape index (κ3) is 3.51. The summed E-state index contributed by atoms with van der Waals surface area (Å²) in [6, 6.07) is 10.7. The lowest BCUT2D eigenvalue weighted by Crippen LogP contribution is -2.24. The lowest BCUT2D eigenvalue weighted by Gasteiger charge is -2.09. The molecule has 3 N–H and O–H groups in total. The number of pyridine rings is 1. The number of alkyl carbamates (subject to hydrolysis) is 1. The number of nitrogen functional groups attached to an aromatic ring is 1. The summed E-state index contributed by atoms with van der Waals surface area (Å²) in [5, 5.41) is 3.50. The van der Waals surface area contributed by atoms with Crippen molar-refractivity contribution in [2.24, 2.45) is 0 Å². The molecular weight excluding hydrogens is 332 g/mol. The Labute approximate surface area is 150 Å². The molecule has 0 saturated carbocycles. The number of nitrogens with zero attached hydrogens (tertiary/aromatic N) is 2. The highest BCUT2D eigenvalue weighted by molar-refractivity contribution is 6.03. The van der Waals surface area contributed by atoms with Gasteiger partial charge in [0.1, 0.15) is 0 Å². The van der Waals surface area contributed by atoms with E-state index in [0.29, 0.717) is 23.6 Å². The molecule has 0 saturated heterocycles. The molecule has 3 aromatic rings. The molecule has 2 aromatic heterocycles. The van der Waals surface area contributed by atoms with E-state index in [1.54, 1.807) is 35.9 Å². The lowest BCUT2D eigenvalue weighted by molar-refractivity contribution is 0.0963. The number of aromatic nitrogens is 2. The van der Waals surface area contributed by atoms with Gasteiger partial charge in [0, 0.05) is 28.5 Å². The molecule has 3 rings (SSSR count). The summed E-state index contributed by atoms with van der Waals surface area (Å²) in [5.74, 6) is -0.165. The maximum absolute atomic E-state index is 13.0. The zero-order valence-corrected chi connectivity index (χ0v) is 14.7. The van der Waals surface area contributed by atoms with E-state index in [4.69, 9.17) is 10.5 Å². The molecule has 0 fully saturated rings. The molecule has 1 amide bonds. The first-order valence-electron chi connectivity index (χ1n) is 8.27. The molecule has 0 unspecified atom stereocenters. The van der Waals surface area contributed by atoms with Gasteiger partial charge in [0.05, 0.1) is 24.4 Å². The minimum absolute atomic E-state index is 0.165. The van der Waals surface area contributed by atoms with Crippen molar-refractivity contribution in [3.63, 3.8) is 0 Å². The Balaban J connectivity index is 1.88. The van der Waals surface area contributed by atoms with Crippen LogP contribution in [-0.4, -0.2) is 28.2 Å². The van der Waals surface area contributed by atoms with Gasteiger partial charge in [-0.15, -0.1) is 0 Å². The van der Waals surface area contributed by atoms with E-state index in [1.807, 2.05) is 25.1 Å². The fourth-order valence-corrected chi connectivity index (χ4v) is 2.82. The van der Waals surface area contributed by atoms with E-state index in [1.165, 1.54) is 0 Å². The molecule has 0 atom stereocenters. The molecule has 134 valence electrons. The van der Waals surface area contributed by atoms with Crippen molar-refractivity contribution in [3.8, 4) is 0 Å². The Bertz CT molecular complexity index is 978. The number of amides is 1. The van der Waals surface area contributed by atoms with Gasteiger partial charge in [-0.3, -0.25) is 14.3 Å². The van der Waals surface area contributed by atoms with Gasteiger partial charge in [0.15, 0.2) is 0 Å². The van der Waals surface area contributed by atoms with Crippen LogP contribution in [0, 0.1) is 6.92 Å². The summed E-state index contributed by atoms with van der Waals surface area (Å²) in [6.07, 6.45) is 1.03. The number of carbonyl (C=O) groups is 2. The molecule has 1 aromatic carbocycles. The van der Waals surface area contributed by atoms with Crippen LogP contribution < -0.4 is 11.1 Å². The monoisotopic (exact) mass is 352 g/mol. The van der Waals surface area contributed by atoms with Gasteiger partial charge in [-0.25, -0.2) is 4.79 Å². The Morgan fingerprint density at radius 1 is 1.23 bits per heavy atom. The predicted molar refractivity (Wildman–Crippen MR) is 98.9 cm³/mol. The van der Waals surface area contributed by atoms with E-state index >= 15 is 0 Å². The first kappa shape index (κ1) is 17.5. The number of fused-ring (bicyclic) bond motifs is 1. The third-order valence-corrected chi connectivity index (χ3v) is 3.97. The SMILES string of the molecule is CCOC(=O)NCc1cc(C(=O)n2c(C)cc3cc(N)ccc32)ccn1. The van der Waals surface area contributed by atoms with Gasteiger partial charge in [-0.05, 0) is 50.2 Å². The Morgan fingerprint density at radius 3 is 2.81 bits per heavy atom. The van der Waals surface area contributed by atoms with Crippen LogP contribution in [0.15, 0.2) is 42.6 Å². The number of anilines is 1. The van der Waals surface area contributed by atoms with Crippen LogP contribution in [0.25, 0.3) is 10.9 Å². The first-order chi connectivity index (χ1) is 12.5. The van der Waals surface area contributed by atoms with Crippen LogP contribution in [0.4, 0.5) is 10.5 Å². The van der Waals surface area contributed by atoms with Crippen molar-refractivity contribution in [2.45, 2.75) is 20.4 Å². The molecule has 0 aliphatic heterocycles.